The number of hydrogen-bond acceptors (Lipinski definition) is 3. The first-order valence-electron chi connectivity index (χ1n) is 8.47. The van der Waals surface area contributed by atoms with Crippen molar-refractivity contribution in [3.05, 3.63) is 29.3 Å². The zero-order valence-corrected chi connectivity index (χ0v) is 15.1. The number of likely N-dealkylation sites (tertiary alicyclic amines) is 1. The number of carbonyl (C=O) groups is 1. The van der Waals surface area contributed by atoms with E-state index in [1.807, 2.05) is 17.9 Å². The number of amides is 1. The van der Waals surface area contributed by atoms with E-state index in [-0.39, 0.29) is 24.0 Å². The van der Waals surface area contributed by atoms with E-state index < -0.39 is 0 Å². The summed E-state index contributed by atoms with van der Waals surface area (Å²) in [6, 6.07) is 6.33. The standard InChI is InChI=1S/C19H30N2O2/c1-13(2)15-7-6-14(3)10-16(15)23-11-18(22)21-9-8-17(20)19(4,5)12-21/h6-7,10,13,17H,8-9,11-12,20H2,1-5H3. The van der Waals surface area contributed by atoms with E-state index in [1.54, 1.807) is 0 Å². The highest BCUT2D eigenvalue weighted by Crippen LogP contribution is 2.29. The van der Waals surface area contributed by atoms with Crippen molar-refractivity contribution < 1.29 is 9.53 Å². The Balaban J connectivity index is 2.01. The maximum absolute atomic E-state index is 12.5. The molecule has 1 aromatic rings. The van der Waals surface area contributed by atoms with E-state index in [9.17, 15) is 4.79 Å². The van der Waals surface area contributed by atoms with Crippen LogP contribution >= 0.6 is 0 Å². The summed E-state index contributed by atoms with van der Waals surface area (Å²) in [5, 5.41) is 0. The van der Waals surface area contributed by atoms with Gasteiger partial charge in [0.1, 0.15) is 5.75 Å². The highest BCUT2D eigenvalue weighted by atomic mass is 16.5. The number of nitrogens with two attached hydrogens (primary N) is 1. The summed E-state index contributed by atoms with van der Waals surface area (Å²) >= 11 is 0. The Labute approximate surface area is 140 Å². The number of ether oxygens (including phenoxy) is 1. The van der Waals surface area contributed by atoms with E-state index in [4.69, 9.17) is 10.5 Å². The topological polar surface area (TPSA) is 55.6 Å². The van der Waals surface area contributed by atoms with Crippen LogP contribution in [-0.2, 0) is 4.79 Å². The third-order valence-electron chi connectivity index (χ3n) is 4.81. The van der Waals surface area contributed by atoms with Crippen LogP contribution in [0.1, 0.15) is 51.2 Å². The molecule has 1 aromatic carbocycles. The van der Waals surface area contributed by atoms with Crippen molar-refractivity contribution in [3.63, 3.8) is 0 Å². The fourth-order valence-corrected chi connectivity index (χ4v) is 3.06. The van der Waals surface area contributed by atoms with Crippen molar-refractivity contribution in [2.75, 3.05) is 19.7 Å². The van der Waals surface area contributed by atoms with Crippen LogP contribution in [0.4, 0.5) is 0 Å². The summed E-state index contributed by atoms with van der Waals surface area (Å²) in [6.45, 7) is 12.0. The van der Waals surface area contributed by atoms with Crippen LogP contribution in [0.2, 0.25) is 0 Å². The predicted molar refractivity (Wildman–Crippen MR) is 93.7 cm³/mol. The number of benzene rings is 1. The average Bonchev–Trinajstić information content (AvgIpc) is 2.47. The molecule has 2 N–H and O–H groups in total. The molecule has 1 fully saturated rings. The van der Waals surface area contributed by atoms with Gasteiger partial charge < -0.3 is 15.4 Å². The zero-order chi connectivity index (χ0) is 17.2. The molecule has 4 nitrogen and oxygen atoms in total. The fourth-order valence-electron chi connectivity index (χ4n) is 3.06. The average molecular weight is 318 g/mol. The molecule has 1 unspecified atom stereocenters. The van der Waals surface area contributed by atoms with Gasteiger partial charge in [0.05, 0.1) is 0 Å². The van der Waals surface area contributed by atoms with Crippen molar-refractivity contribution in [1.82, 2.24) is 4.90 Å². The molecule has 1 aliphatic heterocycles. The summed E-state index contributed by atoms with van der Waals surface area (Å²) in [5.41, 5.74) is 8.38. The van der Waals surface area contributed by atoms with Gasteiger partial charge in [-0.1, -0.05) is 39.8 Å². The predicted octanol–water partition coefficient (Wildman–Crippen LogP) is 3.08. The lowest BCUT2D eigenvalue weighted by atomic mass is 9.80. The second kappa shape index (κ2) is 6.91. The Morgan fingerprint density at radius 1 is 1.43 bits per heavy atom. The Hall–Kier alpha value is -1.55. The molecule has 23 heavy (non-hydrogen) atoms. The molecular weight excluding hydrogens is 288 g/mol. The third kappa shape index (κ3) is 4.25. The lowest BCUT2D eigenvalue weighted by Crippen LogP contribution is -2.54. The summed E-state index contributed by atoms with van der Waals surface area (Å²) in [6.07, 6.45) is 0.848. The van der Waals surface area contributed by atoms with Gasteiger partial charge in [0, 0.05) is 19.1 Å². The molecule has 0 bridgehead atoms. The number of piperidine rings is 1. The smallest absolute Gasteiger partial charge is 0.260 e. The Morgan fingerprint density at radius 3 is 2.74 bits per heavy atom. The van der Waals surface area contributed by atoms with Gasteiger partial charge in [-0.05, 0) is 41.9 Å². The molecule has 1 amide bonds. The molecule has 1 atom stereocenters. The second-order valence-electron chi connectivity index (χ2n) is 7.68. The minimum absolute atomic E-state index is 0.0413. The number of aryl methyl sites for hydroxylation is 1. The van der Waals surface area contributed by atoms with Gasteiger partial charge in [0.25, 0.3) is 5.91 Å². The van der Waals surface area contributed by atoms with E-state index in [2.05, 4.69) is 39.8 Å². The van der Waals surface area contributed by atoms with Crippen molar-refractivity contribution >= 4 is 5.91 Å². The molecule has 0 aromatic heterocycles. The van der Waals surface area contributed by atoms with Crippen LogP contribution in [0.3, 0.4) is 0 Å². The molecular formula is C19H30N2O2. The van der Waals surface area contributed by atoms with Gasteiger partial charge >= 0.3 is 0 Å². The fraction of sp³-hybridized carbons (Fsp3) is 0.632. The largest absolute Gasteiger partial charge is 0.483 e. The van der Waals surface area contributed by atoms with Gasteiger partial charge in [0.2, 0.25) is 0 Å². The van der Waals surface area contributed by atoms with E-state index in [0.717, 1.165) is 29.8 Å². The minimum atomic E-state index is -0.0413. The second-order valence-corrected chi connectivity index (χ2v) is 7.68. The van der Waals surface area contributed by atoms with Crippen LogP contribution in [0.25, 0.3) is 0 Å². The molecule has 0 spiro atoms. The monoisotopic (exact) mass is 318 g/mol. The number of carbonyl (C=O) groups excluding carboxylic acids is 1. The Morgan fingerprint density at radius 2 is 2.13 bits per heavy atom. The molecule has 0 aliphatic carbocycles. The van der Waals surface area contributed by atoms with Crippen LogP contribution in [0.5, 0.6) is 5.75 Å². The van der Waals surface area contributed by atoms with Gasteiger partial charge in [-0.2, -0.15) is 0 Å². The lowest BCUT2D eigenvalue weighted by Gasteiger charge is -2.42. The SMILES string of the molecule is Cc1ccc(C(C)C)c(OCC(=O)N2CCC(N)C(C)(C)C2)c1. The van der Waals surface area contributed by atoms with Crippen molar-refractivity contribution in [3.8, 4) is 5.75 Å². The first kappa shape index (κ1) is 17.8. The van der Waals surface area contributed by atoms with Crippen LogP contribution in [0, 0.1) is 12.3 Å². The number of hydrogen-bond donors (Lipinski definition) is 1. The van der Waals surface area contributed by atoms with E-state index >= 15 is 0 Å². The molecule has 4 heteroatoms. The van der Waals surface area contributed by atoms with Crippen LogP contribution < -0.4 is 10.5 Å². The highest BCUT2D eigenvalue weighted by Gasteiger charge is 2.35. The summed E-state index contributed by atoms with van der Waals surface area (Å²) in [7, 11) is 0. The molecule has 1 heterocycles. The lowest BCUT2D eigenvalue weighted by molar-refractivity contribution is -0.136. The Kier molecular flexibility index (Phi) is 5.35. The van der Waals surface area contributed by atoms with Crippen molar-refractivity contribution in [2.24, 2.45) is 11.1 Å². The van der Waals surface area contributed by atoms with Gasteiger partial charge in [-0.15, -0.1) is 0 Å². The molecule has 1 saturated heterocycles. The molecule has 0 radical (unpaired) electrons. The first-order valence-corrected chi connectivity index (χ1v) is 8.47. The Bertz CT molecular complexity index is 566. The maximum Gasteiger partial charge on any atom is 0.260 e. The van der Waals surface area contributed by atoms with Gasteiger partial charge in [-0.3, -0.25) is 4.79 Å². The van der Waals surface area contributed by atoms with Crippen molar-refractivity contribution in [2.45, 2.75) is 53.0 Å². The minimum Gasteiger partial charge on any atom is -0.483 e. The van der Waals surface area contributed by atoms with Crippen LogP contribution in [0.15, 0.2) is 18.2 Å². The normalized spacial score (nSPS) is 20.7. The number of rotatable bonds is 4. The molecule has 0 saturated carbocycles. The molecule has 2 rings (SSSR count). The van der Waals surface area contributed by atoms with Crippen molar-refractivity contribution in [1.29, 1.82) is 0 Å². The zero-order valence-electron chi connectivity index (χ0n) is 15.1. The molecule has 128 valence electrons. The van der Waals surface area contributed by atoms with Gasteiger partial charge in [-0.25, -0.2) is 0 Å². The highest BCUT2D eigenvalue weighted by molar-refractivity contribution is 5.78. The first-order chi connectivity index (χ1) is 10.7. The summed E-state index contributed by atoms with van der Waals surface area (Å²) in [4.78, 5) is 14.4. The third-order valence-corrected chi connectivity index (χ3v) is 4.81. The summed E-state index contributed by atoms with van der Waals surface area (Å²) < 4.78 is 5.87. The molecule has 1 aliphatic rings. The van der Waals surface area contributed by atoms with Gasteiger partial charge in [0.15, 0.2) is 6.61 Å². The number of nitrogens with zero attached hydrogens (tertiary/aromatic N) is 1. The summed E-state index contributed by atoms with van der Waals surface area (Å²) in [5.74, 6) is 1.23. The maximum atomic E-state index is 12.5. The quantitative estimate of drug-likeness (QED) is 0.928. The van der Waals surface area contributed by atoms with Crippen LogP contribution in [-0.4, -0.2) is 36.5 Å². The van der Waals surface area contributed by atoms with E-state index in [0.29, 0.717) is 12.5 Å². The van der Waals surface area contributed by atoms with E-state index in [1.165, 1.54) is 0 Å².